The van der Waals surface area contributed by atoms with E-state index in [2.05, 4.69) is 21.2 Å². The SMILES string of the molecule is CNCCC(=O)N1CCN(c2ccc(Br)cc2C(F)(F)F)CC1.Cl.Cl. The van der Waals surface area contributed by atoms with Crippen LogP contribution in [0.25, 0.3) is 0 Å². The summed E-state index contributed by atoms with van der Waals surface area (Å²) >= 11 is 3.09. The Hall–Kier alpha value is -0.700. The Bertz CT molecular complexity index is 567. The molecule has 0 aliphatic carbocycles. The number of piperazine rings is 1. The van der Waals surface area contributed by atoms with Gasteiger partial charge in [0.25, 0.3) is 0 Å². The smallest absolute Gasteiger partial charge is 0.367 e. The van der Waals surface area contributed by atoms with Crippen LogP contribution in [0.3, 0.4) is 0 Å². The Kier molecular flexibility index (Phi) is 10.2. The molecule has 0 saturated carbocycles. The fourth-order valence-corrected chi connectivity index (χ4v) is 2.96. The number of benzene rings is 1. The molecule has 1 aromatic carbocycles. The van der Waals surface area contributed by atoms with Gasteiger partial charge in [0, 0.05) is 49.3 Å². The van der Waals surface area contributed by atoms with E-state index in [1.807, 2.05) is 0 Å². The van der Waals surface area contributed by atoms with E-state index >= 15 is 0 Å². The number of carbonyl (C=O) groups excluding carboxylic acids is 1. The number of hydrogen-bond donors (Lipinski definition) is 1. The summed E-state index contributed by atoms with van der Waals surface area (Å²) in [6.45, 7) is 2.28. The maximum absolute atomic E-state index is 13.2. The fraction of sp³-hybridized carbons (Fsp3) is 0.533. The molecule has 1 saturated heterocycles. The molecule has 4 nitrogen and oxygen atoms in total. The van der Waals surface area contributed by atoms with Crippen LogP contribution >= 0.6 is 40.7 Å². The van der Waals surface area contributed by atoms with Crippen molar-refractivity contribution in [1.82, 2.24) is 10.2 Å². The first-order valence-corrected chi connectivity index (χ1v) is 8.16. The van der Waals surface area contributed by atoms with Gasteiger partial charge in [-0.25, -0.2) is 0 Å². The molecule has 0 unspecified atom stereocenters. The highest BCUT2D eigenvalue weighted by molar-refractivity contribution is 9.10. The van der Waals surface area contributed by atoms with E-state index in [1.165, 1.54) is 6.07 Å². The number of nitrogens with zero attached hydrogens (tertiary/aromatic N) is 2. The molecule has 1 fully saturated rings. The van der Waals surface area contributed by atoms with Crippen molar-refractivity contribution in [3.05, 3.63) is 28.2 Å². The molecule has 0 radical (unpaired) electrons. The number of halogens is 6. The van der Waals surface area contributed by atoms with Crippen molar-refractivity contribution in [3.63, 3.8) is 0 Å². The molecule has 0 spiro atoms. The van der Waals surface area contributed by atoms with Crippen LogP contribution in [0.2, 0.25) is 0 Å². The van der Waals surface area contributed by atoms with Crippen molar-refractivity contribution in [1.29, 1.82) is 0 Å². The second-order valence-electron chi connectivity index (χ2n) is 5.38. The first kappa shape index (κ1) is 24.3. The van der Waals surface area contributed by atoms with Gasteiger partial charge in [-0.2, -0.15) is 13.2 Å². The van der Waals surface area contributed by atoms with Crippen LogP contribution in [0.4, 0.5) is 18.9 Å². The van der Waals surface area contributed by atoms with Gasteiger partial charge in [0.15, 0.2) is 0 Å². The quantitative estimate of drug-likeness (QED) is 0.736. The summed E-state index contributed by atoms with van der Waals surface area (Å²) in [6, 6.07) is 4.18. The predicted octanol–water partition coefficient (Wildman–Crippen LogP) is 3.57. The van der Waals surface area contributed by atoms with Crippen molar-refractivity contribution >= 4 is 52.3 Å². The molecular weight excluding hydrogens is 446 g/mol. The molecule has 10 heteroatoms. The summed E-state index contributed by atoms with van der Waals surface area (Å²) in [4.78, 5) is 15.4. The van der Waals surface area contributed by atoms with Crippen LogP contribution < -0.4 is 10.2 Å². The van der Waals surface area contributed by atoms with E-state index < -0.39 is 11.7 Å². The molecule has 25 heavy (non-hydrogen) atoms. The van der Waals surface area contributed by atoms with Gasteiger partial charge in [-0.15, -0.1) is 24.8 Å². The number of hydrogen-bond acceptors (Lipinski definition) is 3. The zero-order valence-electron chi connectivity index (χ0n) is 13.6. The first-order valence-electron chi connectivity index (χ1n) is 7.37. The van der Waals surface area contributed by atoms with E-state index in [-0.39, 0.29) is 36.4 Å². The summed E-state index contributed by atoms with van der Waals surface area (Å²) in [5.41, 5.74) is -0.482. The minimum Gasteiger partial charge on any atom is -0.367 e. The average molecular weight is 467 g/mol. The second-order valence-corrected chi connectivity index (χ2v) is 6.30. The van der Waals surface area contributed by atoms with Gasteiger partial charge in [0.1, 0.15) is 0 Å². The molecule has 144 valence electrons. The van der Waals surface area contributed by atoms with E-state index in [9.17, 15) is 18.0 Å². The highest BCUT2D eigenvalue weighted by atomic mass is 79.9. The van der Waals surface area contributed by atoms with Crippen LogP contribution in [0.15, 0.2) is 22.7 Å². The zero-order chi connectivity index (χ0) is 17.0. The Morgan fingerprint density at radius 3 is 2.32 bits per heavy atom. The molecule has 2 rings (SSSR count). The number of alkyl halides is 3. The van der Waals surface area contributed by atoms with E-state index in [0.717, 1.165) is 6.07 Å². The Morgan fingerprint density at radius 2 is 1.80 bits per heavy atom. The monoisotopic (exact) mass is 465 g/mol. The normalized spacial score (nSPS) is 14.6. The van der Waals surface area contributed by atoms with Gasteiger partial charge in [-0.3, -0.25) is 4.79 Å². The minimum atomic E-state index is -4.40. The average Bonchev–Trinajstić information content (AvgIpc) is 2.52. The Morgan fingerprint density at radius 1 is 1.20 bits per heavy atom. The molecule has 1 aliphatic heterocycles. The lowest BCUT2D eigenvalue weighted by Gasteiger charge is -2.37. The van der Waals surface area contributed by atoms with Crippen LogP contribution in [-0.4, -0.2) is 50.6 Å². The predicted molar refractivity (Wildman–Crippen MR) is 101 cm³/mol. The number of anilines is 1. The van der Waals surface area contributed by atoms with Crippen LogP contribution in [0, 0.1) is 0 Å². The third kappa shape index (κ3) is 6.51. The molecule has 0 bridgehead atoms. The van der Waals surface area contributed by atoms with Crippen molar-refractivity contribution in [2.75, 3.05) is 44.7 Å². The largest absolute Gasteiger partial charge is 0.418 e. The Labute approximate surface area is 166 Å². The van der Waals surface area contributed by atoms with Crippen molar-refractivity contribution in [3.8, 4) is 0 Å². The molecular formula is C15H21BrCl2F3N3O. The molecule has 1 N–H and O–H groups in total. The fourth-order valence-electron chi connectivity index (χ4n) is 2.60. The maximum Gasteiger partial charge on any atom is 0.418 e. The number of rotatable bonds is 4. The molecule has 1 heterocycles. The summed E-state index contributed by atoms with van der Waals surface area (Å²) < 4.78 is 40.0. The molecule has 1 amide bonds. The van der Waals surface area contributed by atoms with Gasteiger partial charge < -0.3 is 15.1 Å². The lowest BCUT2D eigenvalue weighted by molar-refractivity contribution is -0.137. The van der Waals surface area contributed by atoms with Crippen molar-refractivity contribution < 1.29 is 18.0 Å². The molecule has 1 aromatic rings. The Balaban J connectivity index is 0.00000288. The third-order valence-corrected chi connectivity index (χ3v) is 4.32. The van der Waals surface area contributed by atoms with E-state index in [0.29, 0.717) is 43.6 Å². The molecule has 0 atom stereocenters. The second kappa shape index (κ2) is 10.4. The summed E-state index contributed by atoms with van der Waals surface area (Å²) in [5.74, 6) is 0.0332. The first-order chi connectivity index (χ1) is 10.8. The number of nitrogens with one attached hydrogen (secondary N) is 1. The molecule has 0 aromatic heterocycles. The third-order valence-electron chi connectivity index (χ3n) is 3.83. The highest BCUT2D eigenvalue weighted by Crippen LogP contribution is 2.38. The zero-order valence-corrected chi connectivity index (χ0v) is 16.8. The van der Waals surface area contributed by atoms with Crippen molar-refractivity contribution in [2.24, 2.45) is 0 Å². The summed E-state index contributed by atoms with van der Waals surface area (Å²) in [7, 11) is 1.78. The van der Waals surface area contributed by atoms with Crippen LogP contribution in [0.5, 0.6) is 0 Å². The van der Waals surface area contributed by atoms with Gasteiger partial charge in [0.05, 0.1) is 5.56 Å². The van der Waals surface area contributed by atoms with E-state index in [1.54, 1.807) is 22.9 Å². The maximum atomic E-state index is 13.2. The topological polar surface area (TPSA) is 35.6 Å². The van der Waals surface area contributed by atoms with Gasteiger partial charge in [-0.05, 0) is 25.2 Å². The van der Waals surface area contributed by atoms with Crippen LogP contribution in [0.1, 0.15) is 12.0 Å². The number of amides is 1. The molecule has 1 aliphatic rings. The van der Waals surface area contributed by atoms with E-state index in [4.69, 9.17) is 0 Å². The summed E-state index contributed by atoms with van der Waals surface area (Å²) in [5, 5.41) is 2.91. The van der Waals surface area contributed by atoms with Gasteiger partial charge in [0.2, 0.25) is 5.91 Å². The standard InChI is InChI=1S/C15H19BrF3N3O.2ClH/c1-20-5-4-14(23)22-8-6-21(7-9-22)13-3-2-11(16)10-12(13)15(17,18)19;;/h2-3,10,20H,4-9H2,1H3;2*1H. The van der Waals surface area contributed by atoms with Gasteiger partial charge >= 0.3 is 6.18 Å². The minimum absolute atomic E-state index is 0. The lowest BCUT2D eigenvalue weighted by Crippen LogP contribution is -2.49. The number of carbonyl (C=O) groups is 1. The van der Waals surface area contributed by atoms with Gasteiger partial charge in [-0.1, -0.05) is 15.9 Å². The highest BCUT2D eigenvalue weighted by Gasteiger charge is 2.36. The van der Waals surface area contributed by atoms with Crippen molar-refractivity contribution in [2.45, 2.75) is 12.6 Å². The lowest BCUT2D eigenvalue weighted by atomic mass is 10.1. The summed E-state index contributed by atoms with van der Waals surface area (Å²) in [6.07, 6.45) is -4.00. The van der Waals surface area contributed by atoms with Crippen LogP contribution in [-0.2, 0) is 11.0 Å².